The van der Waals surface area contributed by atoms with Crippen molar-refractivity contribution in [2.75, 3.05) is 5.32 Å². The molecule has 0 aliphatic rings. The third-order valence-corrected chi connectivity index (χ3v) is 4.63. The van der Waals surface area contributed by atoms with Crippen LogP contribution in [0.3, 0.4) is 0 Å². The number of ether oxygens (including phenoxy) is 1. The molecule has 4 rings (SSSR count). The largest absolute Gasteiger partial charge is 0.465 e. The Hall–Kier alpha value is -3.70. The van der Waals surface area contributed by atoms with E-state index in [0.717, 1.165) is 11.1 Å². The molecule has 0 saturated heterocycles. The van der Waals surface area contributed by atoms with E-state index < -0.39 is 0 Å². The highest BCUT2D eigenvalue weighted by Crippen LogP contribution is 2.27. The fourth-order valence-electron chi connectivity index (χ4n) is 2.98. The Kier molecular flexibility index (Phi) is 6.01. The standard InChI is InChI=1S/C24H18ClN3O2/c25-21-15-19(13-14-26-21)24(29)28-20-11-12-22(27-16-20)30-23(17-7-3-1-4-8-17)18-9-5-2-6-10-18/h1-16,23H,(H,28,29). The average molecular weight is 416 g/mol. The zero-order valence-electron chi connectivity index (χ0n) is 15.9. The molecule has 6 heteroatoms. The van der Waals surface area contributed by atoms with E-state index in [2.05, 4.69) is 15.3 Å². The molecule has 30 heavy (non-hydrogen) atoms. The van der Waals surface area contributed by atoms with Gasteiger partial charge in [0.05, 0.1) is 11.9 Å². The Labute approximate surface area is 179 Å². The van der Waals surface area contributed by atoms with Crippen molar-refractivity contribution in [2.24, 2.45) is 0 Å². The molecule has 0 spiro atoms. The molecule has 2 aromatic carbocycles. The zero-order valence-corrected chi connectivity index (χ0v) is 16.7. The molecule has 1 N–H and O–H groups in total. The number of rotatable bonds is 6. The van der Waals surface area contributed by atoms with Gasteiger partial charge < -0.3 is 10.1 Å². The normalized spacial score (nSPS) is 10.6. The third kappa shape index (κ3) is 4.82. The van der Waals surface area contributed by atoms with Crippen LogP contribution in [0.2, 0.25) is 5.15 Å². The molecule has 1 amide bonds. The number of anilines is 1. The van der Waals surface area contributed by atoms with Crippen LogP contribution in [-0.4, -0.2) is 15.9 Å². The quantitative estimate of drug-likeness (QED) is 0.419. The van der Waals surface area contributed by atoms with Crippen molar-refractivity contribution in [3.8, 4) is 5.88 Å². The molecule has 2 heterocycles. The Balaban J connectivity index is 1.50. The minimum absolute atomic E-state index is 0.261. The summed E-state index contributed by atoms with van der Waals surface area (Å²) in [6.07, 6.45) is 2.75. The van der Waals surface area contributed by atoms with E-state index in [1.807, 2.05) is 60.7 Å². The second-order valence-electron chi connectivity index (χ2n) is 6.53. The van der Waals surface area contributed by atoms with E-state index in [0.29, 0.717) is 17.1 Å². The van der Waals surface area contributed by atoms with Gasteiger partial charge in [-0.05, 0) is 29.3 Å². The van der Waals surface area contributed by atoms with Crippen LogP contribution >= 0.6 is 11.6 Å². The van der Waals surface area contributed by atoms with Crippen LogP contribution in [0.25, 0.3) is 0 Å². The lowest BCUT2D eigenvalue weighted by Gasteiger charge is -2.19. The first-order valence-electron chi connectivity index (χ1n) is 9.34. The Morgan fingerprint density at radius 2 is 1.53 bits per heavy atom. The molecule has 148 valence electrons. The van der Waals surface area contributed by atoms with Crippen LogP contribution in [0, 0.1) is 0 Å². The maximum atomic E-state index is 12.3. The fourth-order valence-corrected chi connectivity index (χ4v) is 3.15. The lowest BCUT2D eigenvalue weighted by atomic mass is 10.0. The SMILES string of the molecule is O=C(Nc1ccc(OC(c2ccccc2)c2ccccc2)nc1)c1ccnc(Cl)c1. The Bertz CT molecular complexity index is 1080. The van der Waals surface area contributed by atoms with E-state index >= 15 is 0 Å². The number of carbonyl (C=O) groups is 1. The number of nitrogens with zero attached hydrogens (tertiary/aromatic N) is 2. The van der Waals surface area contributed by atoms with Gasteiger partial charge >= 0.3 is 0 Å². The third-order valence-electron chi connectivity index (χ3n) is 4.43. The summed E-state index contributed by atoms with van der Waals surface area (Å²) in [5, 5.41) is 3.05. The van der Waals surface area contributed by atoms with Crippen molar-refractivity contribution in [3.05, 3.63) is 119 Å². The monoisotopic (exact) mass is 415 g/mol. The summed E-state index contributed by atoms with van der Waals surface area (Å²) < 4.78 is 6.20. The molecule has 5 nitrogen and oxygen atoms in total. The van der Waals surface area contributed by atoms with E-state index in [1.54, 1.807) is 24.4 Å². The lowest BCUT2D eigenvalue weighted by Crippen LogP contribution is -2.13. The maximum Gasteiger partial charge on any atom is 0.255 e. The smallest absolute Gasteiger partial charge is 0.255 e. The second kappa shape index (κ2) is 9.20. The molecule has 4 aromatic rings. The van der Waals surface area contributed by atoms with Gasteiger partial charge in [-0.15, -0.1) is 0 Å². The highest BCUT2D eigenvalue weighted by atomic mass is 35.5. The molecule has 0 radical (unpaired) electrons. The number of halogens is 1. The summed E-state index contributed by atoms with van der Waals surface area (Å²) in [4.78, 5) is 20.6. The molecule has 0 aliphatic heterocycles. The summed E-state index contributed by atoms with van der Waals surface area (Å²) in [5.74, 6) is 0.166. The van der Waals surface area contributed by atoms with Gasteiger partial charge in [0.15, 0.2) is 6.10 Å². The predicted molar refractivity (Wildman–Crippen MR) is 117 cm³/mol. The highest BCUT2D eigenvalue weighted by molar-refractivity contribution is 6.29. The summed E-state index contributed by atoms with van der Waals surface area (Å²) in [6.45, 7) is 0. The molecular weight excluding hydrogens is 398 g/mol. The Morgan fingerprint density at radius 3 is 2.10 bits per heavy atom. The van der Waals surface area contributed by atoms with Crippen molar-refractivity contribution >= 4 is 23.2 Å². The van der Waals surface area contributed by atoms with Gasteiger partial charge in [0.1, 0.15) is 5.15 Å². The van der Waals surface area contributed by atoms with Crippen molar-refractivity contribution < 1.29 is 9.53 Å². The topological polar surface area (TPSA) is 64.1 Å². The lowest BCUT2D eigenvalue weighted by molar-refractivity contribution is 0.102. The number of amides is 1. The number of nitrogens with one attached hydrogen (secondary N) is 1. The fraction of sp³-hybridized carbons (Fsp3) is 0.0417. The van der Waals surface area contributed by atoms with Gasteiger partial charge in [0.25, 0.3) is 5.91 Å². The molecule has 0 saturated carbocycles. The molecule has 0 atom stereocenters. The Morgan fingerprint density at radius 1 is 0.867 bits per heavy atom. The van der Waals surface area contributed by atoms with Crippen LogP contribution in [0.4, 0.5) is 5.69 Å². The van der Waals surface area contributed by atoms with Crippen molar-refractivity contribution in [1.29, 1.82) is 0 Å². The first kappa shape index (κ1) is 19.6. The predicted octanol–water partition coefficient (Wildman–Crippen LogP) is 5.55. The van der Waals surface area contributed by atoms with Gasteiger partial charge in [0, 0.05) is 17.8 Å². The van der Waals surface area contributed by atoms with Gasteiger partial charge in [-0.2, -0.15) is 0 Å². The highest BCUT2D eigenvalue weighted by Gasteiger charge is 2.16. The minimum Gasteiger partial charge on any atom is -0.465 e. The zero-order chi connectivity index (χ0) is 20.8. The number of carbonyl (C=O) groups excluding carboxylic acids is 1. The maximum absolute atomic E-state index is 12.3. The summed E-state index contributed by atoms with van der Waals surface area (Å²) >= 11 is 5.84. The van der Waals surface area contributed by atoms with Gasteiger partial charge in [-0.25, -0.2) is 9.97 Å². The van der Waals surface area contributed by atoms with E-state index in [1.165, 1.54) is 12.3 Å². The van der Waals surface area contributed by atoms with Crippen molar-refractivity contribution in [2.45, 2.75) is 6.10 Å². The van der Waals surface area contributed by atoms with Crippen LogP contribution in [0.1, 0.15) is 27.6 Å². The van der Waals surface area contributed by atoms with Gasteiger partial charge in [-0.1, -0.05) is 72.3 Å². The van der Waals surface area contributed by atoms with Crippen LogP contribution < -0.4 is 10.1 Å². The first-order chi connectivity index (χ1) is 14.7. The summed E-state index contributed by atoms with van der Waals surface area (Å²) in [7, 11) is 0. The van der Waals surface area contributed by atoms with E-state index in [4.69, 9.17) is 16.3 Å². The molecular formula is C24H18ClN3O2. The number of pyridine rings is 2. The van der Waals surface area contributed by atoms with Crippen LogP contribution in [0.15, 0.2) is 97.3 Å². The van der Waals surface area contributed by atoms with Gasteiger partial charge in [-0.3, -0.25) is 4.79 Å². The molecule has 0 unspecified atom stereocenters. The van der Waals surface area contributed by atoms with E-state index in [-0.39, 0.29) is 17.2 Å². The molecule has 2 aromatic heterocycles. The van der Waals surface area contributed by atoms with Crippen LogP contribution in [-0.2, 0) is 0 Å². The first-order valence-corrected chi connectivity index (χ1v) is 9.72. The minimum atomic E-state index is -0.292. The molecule has 0 aliphatic carbocycles. The molecule has 0 bridgehead atoms. The number of benzene rings is 2. The van der Waals surface area contributed by atoms with Crippen molar-refractivity contribution in [1.82, 2.24) is 9.97 Å². The summed E-state index contributed by atoms with van der Waals surface area (Å²) in [5.41, 5.74) is 3.02. The van der Waals surface area contributed by atoms with Crippen LogP contribution in [0.5, 0.6) is 5.88 Å². The van der Waals surface area contributed by atoms with E-state index in [9.17, 15) is 4.79 Å². The number of hydrogen-bond acceptors (Lipinski definition) is 4. The molecule has 0 fully saturated rings. The van der Waals surface area contributed by atoms with Crippen molar-refractivity contribution in [3.63, 3.8) is 0 Å². The summed E-state index contributed by atoms with van der Waals surface area (Å²) in [6, 6.07) is 26.5. The van der Waals surface area contributed by atoms with Gasteiger partial charge in [0.2, 0.25) is 5.88 Å². The average Bonchev–Trinajstić information content (AvgIpc) is 2.80. The number of hydrogen-bond donors (Lipinski definition) is 1. The second-order valence-corrected chi connectivity index (χ2v) is 6.91. The number of aromatic nitrogens is 2.